The molecule has 2 rings (SSSR count). The molecule has 0 aliphatic carbocycles. The van der Waals surface area contributed by atoms with Gasteiger partial charge in [0.1, 0.15) is 0 Å². The molecule has 0 saturated carbocycles. The molecule has 0 aliphatic heterocycles. The summed E-state index contributed by atoms with van der Waals surface area (Å²) in [6, 6.07) is 5.06. The maximum absolute atomic E-state index is 12.5. The van der Waals surface area contributed by atoms with Crippen LogP contribution in [0.25, 0.3) is 0 Å². The topological polar surface area (TPSA) is 37.8 Å². The van der Waals surface area contributed by atoms with Crippen molar-refractivity contribution < 1.29 is 13.2 Å². The number of hydrogen-bond acceptors (Lipinski definition) is 3. The van der Waals surface area contributed by atoms with Crippen molar-refractivity contribution in [3.05, 3.63) is 52.9 Å². The molecule has 0 spiro atoms. The monoisotopic (exact) mass is 287 g/mol. The second kappa shape index (κ2) is 5.44. The average Bonchev–Trinajstić information content (AvgIpc) is 2.37. The lowest BCUT2D eigenvalue weighted by atomic mass is 10.1. The van der Waals surface area contributed by atoms with Gasteiger partial charge in [0.15, 0.2) is 11.0 Å². The minimum absolute atomic E-state index is 0.175. The first-order valence-corrected chi connectivity index (χ1v) is 5.71. The van der Waals surface area contributed by atoms with Crippen molar-refractivity contribution in [2.24, 2.45) is 0 Å². The van der Waals surface area contributed by atoms with Gasteiger partial charge in [-0.25, -0.2) is 9.97 Å². The number of rotatable bonds is 3. The third-order valence-electron chi connectivity index (χ3n) is 2.37. The Bertz CT molecular complexity index is 572. The summed E-state index contributed by atoms with van der Waals surface area (Å²) in [5.41, 5.74) is -0.200. The number of nitrogens with one attached hydrogen (secondary N) is 1. The normalized spacial score (nSPS) is 11.4. The molecule has 0 aliphatic rings. The molecule has 0 bridgehead atoms. The van der Waals surface area contributed by atoms with Gasteiger partial charge in [-0.05, 0) is 17.7 Å². The van der Waals surface area contributed by atoms with E-state index in [9.17, 15) is 13.2 Å². The summed E-state index contributed by atoms with van der Waals surface area (Å²) in [4.78, 5) is 7.75. The van der Waals surface area contributed by atoms with E-state index >= 15 is 0 Å². The van der Waals surface area contributed by atoms with Gasteiger partial charge in [0.25, 0.3) is 0 Å². The first-order valence-electron chi connectivity index (χ1n) is 5.33. The van der Waals surface area contributed by atoms with E-state index < -0.39 is 11.7 Å². The molecule has 19 heavy (non-hydrogen) atoms. The molecular weight excluding hydrogens is 279 g/mol. The molecule has 0 unspecified atom stereocenters. The van der Waals surface area contributed by atoms with Gasteiger partial charge in [0, 0.05) is 18.9 Å². The maximum Gasteiger partial charge on any atom is 0.416 e. The lowest BCUT2D eigenvalue weighted by molar-refractivity contribution is -0.137. The number of hydrogen-bond donors (Lipinski definition) is 1. The smallest absolute Gasteiger partial charge is 0.363 e. The summed E-state index contributed by atoms with van der Waals surface area (Å²) < 4.78 is 37.6. The van der Waals surface area contributed by atoms with Crippen LogP contribution in [0.2, 0.25) is 5.15 Å². The van der Waals surface area contributed by atoms with Crippen molar-refractivity contribution >= 4 is 17.4 Å². The Hall–Kier alpha value is -1.82. The van der Waals surface area contributed by atoms with Gasteiger partial charge in [-0.1, -0.05) is 23.7 Å². The lowest BCUT2D eigenvalue weighted by Gasteiger charge is -2.10. The highest BCUT2D eigenvalue weighted by Gasteiger charge is 2.30. The highest BCUT2D eigenvalue weighted by atomic mass is 35.5. The van der Waals surface area contributed by atoms with Crippen molar-refractivity contribution in [1.29, 1.82) is 0 Å². The fraction of sp³-hybridized carbons (Fsp3) is 0.167. The molecule has 0 amide bonds. The number of benzene rings is 1. The standard InChI is InChI=1S/C12H9ClF3N3/c13-10-11(18-5-4-17-10)19-7-8-2-1-3-9(6-8)12(14,15)16/h1-6H,7H2,(H,18,19). The quantitative estimate of drug-likeness (QED) is 0.934. The lowest BCUT2D eigenvalue weighted by Crippen LogP contribution is -2.07. The van der Waals surface area contributed by atoms with Gasteiger partial charge < -0.3 is 5.32 Å². The average molecular weight is 288 g/mol. The maximum atomic E-state index is 12.5. The van der Waals surface area contributed by atoms with Crippen molar-refractivity contribution in [2.75, 3.05) is 5.32 Å². The Morgan fingerprint density at radius 3 is 2.58 bits per heavy atom. The van der Waals surface area contributed by atoms with Crippen LogP contribution in [0.15, 0.2) is 36.7 Å². The Morgan fingerprint density at radius 2 is 1.89 bits per heavy atom. The number of halogens is 4. The number of alkyl halides is 3. The number of aromatic nitrogens is 2. The fourth-order valence-corrected chi connectivity index (χ4v) is 1.65. The predicted molar refractivity (Wildman–Crippen MR) is 65.8 cm³/mol. The molecule has 1 N–H and O–H groups in total. The molecule has 0 saturated heterocycles. The van der Waals surface area contributed by atoms with E-state index in [1.54, 1.807) is 6.07 Å². The molecule has 1 heterocycles. The summed E-state index contributed by atoms with van der Waals surface area (Å²) in [6.45, 7) is 0.183. The van der Waals surface area contributed by atoms with Crippen LogP contribution < -0.4 is 5.32 Å². The van der Waals surface area contributed by atoms with Crippen molar-refractivity contribution in [1.82, 2.24) is 9.97 Å². The van der Waals surface area contributed by atoms with Crippen molar-refractivity contribution in [2.45, 2.75) is 12.7 Å². The SMILES string of the molecule is FC(F)(F)c1cccc(CNc2nccnc2Cl)c1. The molecule has 2 aromatic rings. The van der Waals surface area contributed by atoms with Gasteiger partial charge in [-0.2, -0.15) is 13.2 Å². The molecule has 7 heteroatoms. The van der Waals surface area contributed by atoms with Crippen LogP contribution in [0.5, 0.6) is 0 Å². The summed E-state index contributed by atoms with van der Waals surface area (Å²) in [7, 11) is 0. The first kappa shape index (κ1) is 13.6. The van der Waals surface area contributed by atoms with Gasteiger partial charge >= 0.3 is 6.18 Å². The zero-order valence-electron chi connectivity index (χ0n) is 9.58. The Balaban J connectivity index is 2.10. The zero-order valence-corrected chi connectivity index (χ0v) is 10.3. The molecule has 0 atom stereocenters. The summed E-state index contributed by atoms with van der Waals surface area (Å²) in [5, 5.41) is 3.01. The van der Waals surface area contributed by atoms with Crippen molar-refractivity contribution in [3.63, 3.8) is 0 Å². The minimum atomic E-state index is -4.35. The Labute approximate surface area is 112 Å². The highest BCUT2D eigenvalue weighted by Crippen LogP contribution is 2.29. The minimum Gasteiger partial charge on any atom is -0.363 e. The molecule has 0 radical (unpaired) electrons. The van der Waals surface area contributed by atoms with Crippen LogP contribution in [0.1, 0.15) is 11.1 Å². The van der Waals surface area contributed by atoms with Crippen LogP contribution in [-0.2, 0) is 12.7 Å². The summed E-state index contributed by atoms with van der Waals surface area (Å²) in [5.74, 6) is 0.335. The van der Waals surface area contributed by atoms with E-state index in [2.05, 4.69) is 15.3 Å². The van der Waals surface area contributed by atoms with E-state index in [4.69, 9.17) is 11.6 Å². The molecule has 100 valence electrons. The molecule has 1 aromatic heterocycles. The summed E-state index contributed by atoms with van der Waals surface area (Å²) in [6.07, 6.45) is -1.47. The van der Waals surface area contributed by atoms with Gasteiger partial charge in [-0.3, -0.25) is 0 Å². The van der Waals surface area contributed by atoms with E-state index in [-0.39, 0.29) is 11.7 Å². The van der Waals surface area contributed by atoms with Crippen LogP contribution >= 0.6 is 11.6 Å². The Morgan fingerprint density at radius 1 is 1.16 bits per heavy atom. The summed E-state index contributed by atoms with van der Waals surface area (Å²) >= 11 is 5.78. The molecular formula is C12H9ClF3N3. The largest absolute Gasteiger partial charge is 0.416 e. The Kier molecular flexibility index (Phi) is 3.90. The van der Waals surface area contributed by atoms with E-state index in [1.807, 2.05) is 0 Å². The van der Waals surface area contributed by atoms with Crippen LogP contribution in [0, 0.1) is 0 Å². The van der Waals surface area contributed by atoms with E-state index in [0.717, 1.165) is 12.1 Å². The predicted octanol–water partition coefficient (Wildman–Crippen LogP) is 3.76. The zero-order chi connectivity index (χ0) is 13.9. The van der Waals surface area contributed by atoms with Gasteiger partial charge in [-0.15, -0.1) is 0 Å². The van der Waals surface area contributed by atoms with Crippen molar-refractivity contribution in [3.8, 4) is 0 Å². The van der Waals surface area contributed by atoms with E-state index in [1.165, 1.54) is 18.5 Å². The third kappa shape index (κ3) is 3.57. The second-order valence-corrected chi connectivity index (χ2v) is 4.11. The van der Waals surface area contributed by atoms with Crippen LogP contribution in [-0.4, -0.2) is 9.97 Å². The molecule has 3 nitrogen and oxygen atoms in total. The number of anilines is 1. The van der Waals surface area contributed by atoms with Crippen LogP contribution in [0.3, 0.4) is 0 Å². The van der Waals surface area contributed by atoms with Crippen LogP contribution in [0.4, 0.5) is 19.0 Å². The first-order chi connectivity index (χ1) is 8.97. The van der Waals surface area contributed by atoms with E-state index in [0.29, 0.717) is 11.4 Å². The second-order valence-electron chi connectivity index (χ2n) is 3.75. The van der Waals surface area contributed by atoms with Gasteiger partial charge in [0.2, 0.25) is 0 Å². The fourth-order valence-electron chi connectivity index (χ4n) is 1.48. The molecule has 1 aromatic carbocycles. The number of nitrogens with zero attached hydrogens (tertiary/aromatic N) is 2. The van der Waals surface area contributed by atoms with Gasteiger partial charge in [0.05, 0.1) is 5.56 Å². The highest BCUT2D eigenvalue weighted by molar-refractivity contribution is 6.31. The third-order valence-corrected chi connectivity index (χ3v) is 2.64. The molecule has 0 fully saturated rings.